The Morgan fingerprint density at radius 1 is 1.00 bits per heavy atom. The second kappa shape index (κ2) is 8.83. The molecule has 1 aliphatic heterocycles. The van der Waals surface area contributed by atoms with Crippen molar-refractivity contribution in [3.05, 3.63) is 65.4 Å². The molecule has 6 nitrogen and oxygen atoms in total. The molecule has 2 aromatic rings. The number of anilines is 1. The van der Waals surface area contributed by atoms with Crippen LogP contribution in [0.3, 0.4) is 0 Å². The number of hydrogen-bond acceptors (Lipinski definition) is 5. The molecule has 2 amide bonds. The van der Waals surface area contributed by atoms with Crippen molar-refractivity contribution in [1.29, 1.82) is 0 Å². The van der Waals surface area contributed by atoms with Crippen LogP contribution >= 0.6 is 0 Å². The predicted molar refractivity (Wildman–Crippen MR) is 103 cm³/mol. The van der Waals surface area contributed by atoms with Gasteiger partial charge in [-0.3, -0.25) is 14.5 Å². The summed E-state index contributed by atoms with van der Waals surface area (Å²) in [5.41, 5.74) is 0.772. The number of ether oxygens (including phenoxy) is 2. The number of nitrogens with one attached hydrogen (secondary N) is 1. The average Bonchev–Trinajstić information content (AvgIpc) is 2.94. The number of benzene rings is 2. The summed E-state index contributed by atoms with van der Waals surface area (Å²) in [5.74, 6) is -2.51. The fraction of sp³-hybridized carbons (Fsp3) is 0.238. The van der Waals surface area contributed by atoms with Gasteiger partial charge in [0.15, 0.2) is 11.6 Å². The summed E-state index contributed by atoms with van der Waals surface area (Å²) in [6.07, 6.45) is 0. The van der Waals surface area contributed by atoms with E-state index in [0.29, 0.717) is 17.9 Å². The van der Waals surface area contributed by atoms with Gasteiger partial charge in [-0.2, -0.15) is 0 Å². The van der Waals surface area contributed by atoms with Crippen molar-refractivity contribution in [3.8, 4) is 5.75 Å². The van der Waals surface area contributed by atoms with E-state index in [1.807, 2.05) is 6.92 Å². The van der Waals surface area contributed by atoms with Gasteiger partial charge >= 0.3 is 0 Å². The summed E-state index contributed by atoms with van der Waals surface area (Å²) in [5, 5.41) is 2.77. The number of amides is 2. The Kier molecular flexibility index (Phi) is 6.23. The van der Waals surface area contributed by atoms with Gasteiger partial charge in [-0.15, -0.1) is 0 Å². The van der Waals surface area contributed by atoms with Gasteiger partial charge in [0.05, 0.1) is 25.3 Å². The molecule has 0 aromatic heterocycles. The maximum atomic E-state index is 13.6. The minimum Gasteiger partial charge on any atom is -0.494 e. The third-order valence-electron chi connectivity index (χ3n) is 4.33. The van der Waals surface area contributed by atoms with Gasteiger partial charge in [0, 0.05) is 18.9 Å². The lowest BCUT2D eigenvalue weighted by molar-refractivity contribution is -0.137. The Hall–Kier alpha value is -3.26. The molecule has 0 unspecified atom stereocenters. The van der Waals surface area contributed by atoms with Crippen molar-refractivity contribution >= 4 is 23.1 Å². The molecule has 3 rings (SSSR count). The van der Waals surface area contributed by atoms with Crippen molar-refractivity contribution in [1.82, 2.24) is 4.90 Å². The van der Waals surface area contributed by atoms with Crippen LogP contribution in [0.1, 0.15) is 12.5 Å². The number of carbonyl (C=O) groups is 2. The Labute approximate surface area is 166 Å². The summed E-state index contributed by atoms with van der Waals surface area (Å²) in [7, 11) is 1.46. The third-order valence-corrected chi connectivity index (χ3v) is 4.33. The highest BCUT2D eigenvalue weighted by Gasteiger charge is 2.39. The minimum absolute atomic E-state index is 0.0127. The fourth-order valence-electron chi connectivity index (χ4n) is 2.95. The summed E-state index contributed by atoms with van der Waals surface area (Å²) >= 11 is 0. The molecule has 1 N–H and O–H groups in total. The van der Waals surface area contributed by atoms with Gasteiger partial charge in [-0.05, 0) is 36.8 Å². The van der Waals surface area contributed by atoms with Gasteiger partial charge in [0.25, 0.3) is 11.8 Å². The van der Waals surface area contributed by atoms with Gasteiger partial charge in [0.2, 0.25) is 0 Å². The highest BCUT2D eigenvalue weighted by molar-refractivity contribution is 6.36. The van der Waals surface area contributed by atoms with Crippen LogP contribution in [-0.4, -0.2) is 43.6 Å². The molecule has 0 saturated carbocycles. The molecule has 29 heavy (non-hydrogen) atoms. The average molecular weight is 402 g/mol. The Bertz CT molecular complexity index is 958. The first-order valence-corrected chi connectivity index (χ1v) is 9.01. The van der Waals surface area contributed by atoms with Crippen LogP contribution in [0.5, 0.6) is 5.75 Å². The van der Waals surface area contributed by atoms with Crippen molar-refractivity contribution in [2.75, 3.05) is 32.2 Å². The molecule has 0 saturated heterocycles. The summed E-state index contributed by atoms with van der Waals surface area (Å²) < 4.78 is 37.2. The number of carbonyl (C=O) groups excluding carboxylic acids is 2. The quantitative estimate of drug-likeness (QED) is 0.687. The van der Waals surface area contributed by atoms with E-state index in [4.69, 9.17) is 9.47 Å². The number of halogens is 2. The normalized spacial score (nSPS) is 14.0. The smallest absolute Gasteiger partial charge is 0.278 e. The molecule has 1 aliphatic rings. The molecule has 0 fully saturated rings. The monoisotopic (exact) mass is 402 g/mol. The van der Waals surface area contributed by atoms with Gasteiger partial charge < -0.3 is 14.8 Å². The number of hydrogen-bond donors (Lipinski definition) is 1. The van der Waals surface area contributed by atoms with E-state index in [1.54, 1.807) is 24.3 Å². The summed E-state index contributed by atoms with van der Waals surface area (Å²) in [6.45, 7) is 2.59. The van der Waals surface area contributed by atoms with E-state index >= 15 is 0 Å². The van der Waals surface area contributed by atoms with Crippen LogP contribution in [-0.2, 0) is 14.3 Å². The Morgan fingerprint density at radius 2 is 1.72 bits per heavy atom. The Morgan fingerprint density at radius 3 is 2.34 bits per heavy atom. The molecule has 0 aliphatic carbocycles. The molecule has 1 heterocycles. The molecule has 2 aromatic carbocycles. The molecular formula is C21H20F2N2O4. The van der Waals surface area contributed by atoms with Gasteiger partial charge in [-0.25, -0.2) is 8.78 Å². The standard InChI is InChI=1S/C21H20F2N2O4/c1-3-29-15-7-4-13(5-8-15)18-19(21(27)25(20(18)26)10-11-28-2)24-14-6-9-16(22)17(23)12-14/h4-9,12,24H,3,10-11H2,1-2H3. The zero-order valence-corrected chi connectivity index (χ0v) is 16.0. The zero-order chi connectivity index (χ0) is 21.0. The van der Waals surface area contributed by atoms with E-state index in [1.165, 1.54) is 13.2 Å². The Balaban J connectivity index is 2.01. The van der Waals surface area contributed by atoms with Crippen LogP contribution in [0.4, 0.5) is 14.5 Å². The molecule has 152 valence electrons. The first-order valence-electron chi connectivity index (χ1n) is 9.01. The second-order valence-corrected chi connectivity index (χ2v) is 6.22. The van der Waals surface area contributed by atoms with Gasteiger partial charge in [0.1, 0.15) is 11.4 Å². The number of methoxy groups -OCH3 is 1. The maximum absolute atomic E-state index is 13.6. The third kappa shape index (κ3) is 4.27. The highest BCUT2D eigenvalue weighted by atomic mass is 19.2. The maximum Gasteiger partial charge on any atom is 0.278 e. The summed E-state index contributed by atoms with van der Waals surface area (Å²) in [4.78, 5) is 26.9. The number of rotatable bonds is 8. The van der Waals surface area contributed by atoms with Crippen molar-refractivity contribution in [2.24, 2.45) is 0 Å². The largest absolute Gasteiger partial charge is 0.494 e. The van der Waals surface area contributed by atoms with Crippen LogP contribution in [0.2, 0.25) is 0 Å². The van der Waals surface area contributed by atoms with Crippen LogP contribution in [0, 0.1) is 11.6 Å². The van der Waals surface area contributed by atoms with E-state index in [2.05, 4.69) is 5.32 Å². The summed E-state index contributed by atoms with van der Waals surface area (Å²) in [6, 6.07) is 9.87. The molecule has 0 bridgehead atoms. The molecule has 0 atom stereocenters. The molecule has 8 heteroatoms. The van der Waals surface area contributed by atoms with E-state index in [0.717, 1.165) is 17.0 Å². The van der Waals surface area contributed by atoms with Crippen molar-refractivity contribution in [3.63, 3.8) is 0 Å². The van der Waals surface area contributed by atoms with Crippen LogP contribution in [0.15, 0.2) is 48.2 Å². The zero-order valence-electron chi connectivity index (χ0n) is 16.0. The first kappa shape index (κ1) is 20.5. The van der Waals surface area contributed by atoms with Crippen LogP contribution < -0.4 is 10.1 Å². The first-order chi connectivity index (χ1) is 14.0. The number of imide groups is 1. The SMILES string of the molecule is CCOc1ccc(C2=C(Nc3ccc(F)c(F)c3)C(=O)N(CCOC)C2=O)cc1. The second-order valence-electron chi connectivity index (χ2n) is 6.22. The van der Waals surface area contributed by atoms with Crippen molar-refractivity contribution in [2.45, 2.75) is 6.92 Å². The molecular weight excluding hydrogens is 382 g/mol. The number of nitrogens with zero attached hydrogens (tertiary/aromatic N) is 1. The lowest BCUT2D eigenvalue weighted by Crippen LogP contribution is -2.35. The van der Waals surface area contributed by atoms with E-state index < -0.39 is 23.4 Å². The van der Waals surface area contributed by atoms with Gasteiger partial charge in [-0.1, -0.05) is 12.1 Å². The lowest BCUT2D eigenvalue weighted by atomic mass is 10.0. The lowest BCUT2D eigenvalue weighted by Gasteiger charge is -2.14. The topological polar surface area (TPSA) is 67.9 Å². The predicted octanol–water partition coefficient (Wildman–Crippen LogP) is 3.20. The molecule has 0 radical (unpaired) electrons. The van der Waals surface area contributed by atoms with Crippen LogP contribution in [0.25, 0.3) is 5.57 Å². The van der Waals surface area contributed by atoms with E-state index in [9.17, 15) is 18.4 Å². The highest BCUT2D eigenvalue weighted by Crippen LogP contribution is 2.31. The molecule has 0 spiro atoms. The minimum atomic E-state index is -1.06. The van der Waals surface area contributed by atoms with E-state index in [-0.39, 0.29) is 30.1 Å². The van der Waals surface area contributed by atoms with Crippen molar-refractivity contribution < 1.29 is 27.8 Å². The fourth-order valence-corrected chi connectivity index (χ4v) is 2.95.